The van der Waals surface area contributed by atoms with E-state index in [4.69, 9.17) is 9.72 Å². The van der Waals surface area contributed by atoms with Crippen molar-refractivity contribution in [3.63, 3.8) is 0 Å². The lowest BCUT2D eigenvalue weighted by Crippen LogP contribution is -2.20. The number of hydrogen-bond donors (Lipinski definition) is 0. The Labute approximate surface area is 134 Å². The van der Waals surface area contributed by atoms with Crippen molar-refractivity contribution in [2.24, 2.45) is 0 Å². The second kappa shape index (κ2) is 5.78. The standard InChI is InChI=1S/C20H15NO2/c22-19-13-23-12-18-17(19)11-16(14-7-3-1-4-8-14)20(21-18)15-9-5-2-6-10-15/h1-11H,12-13H2. The number of nitrogens with zero attached hydrogens (tertiary/aromatic N) is 1. The molecule has 0 amide bonds. The van der Waals surface area contributed by atoms with Crippen LogP contribution in [-0.2, 0) is 11.3 Å². The summed E-state index contributed by atoms with van der Waals surface area (Å²) in [6, 6.07) is 22.1. The van der Waals surface area contributed by atoms with Crippen LogP contribution >= 0.6 is 0 Å². The third-order valence-electron chi connectivity index (χ3n) is 4.01. The second-order valence-corrected chi connectivity index (χ2v) is 5.53. The van der Waals surface area contributed by atoms with E-state index in [1.165, 1.54) is 0 Å². The number of benzene rings is 2. The number of carbonyl (C=O) groups is 1. The van der Waals surface area contributed by atoms with Crippen molar-refractivity contribution >= 4 is 5.78 Å². The van der Waals surface area contributed by atoms with E-state index >= 15 is 0 Å². The quantitative estimate of drug-likeness (QED) is 0.714. The third-order valence-corrected chi connectivity index (χ3v) is 4.01. The summed E-state index contributed by atoms with van der Waals surface area (Å²) >= 11 is 0. The maximum Gasteiger partial charge on any atom is 0.190 e. The van der Waals surface area contributed by atoms with Crippen LogP contribution in [0.2, 0.25) is 0 Å². The van der Waals surface area contributed by atoms with Crippen molar-refractivity contribution in [2.75, 3.05) is 6.61 Å². The molecule has 0 saturated carbocycles. The van der Waals surface area contributed by atoms with Gasteiger partial charge in [0.1, 0.15) is 6.61 Å². The largest absolute Gasteiger partial charge is 0.367 e. The minimum absolute atomic E-state index is 0.00413. The van der Waals surface area contributed by atoms with Gasteiger partial charge in [0.25, 0.3) is 0 Å². The van der Waals surface area contributed by atoms with Crippen LogP contribution in [0.3, 0.4) is 0 Å². The first kappa shape index (κ1) is 13.9. The zero-order valence-electron chi connectivity index (χ0n) is 12.5. The fourth-order valence-electron chi connectivity index (χ4n) is 2.87. The highest BCUT2D eigenvalue weighted by Crippen LogP contribution is 2.33. The molecule has 23 heavy (non-hydrogen) atoms. The molecule has 0 spiro atoms. The van der Waals surface area contributed by atoms with Crippen molar-refractivity contribution in [3.8, 4) is 22.4 Å². The maximum absolute atomic E-state index is 12.2. The van der Waals surface area contributed by atoms with E-state index in [1.807, 2.05) is 66.7 Å². The first-order chi connectivity index (χ1) is 11.3. The van der Waals surface area contributed by atoms with E-state index in [9.17, 15) is 4.79 Å². The van der Waals surface area contributed by atoms with Crippen molar-refractivity contribution in [2.45, 2.75) is 6.61 Å². The first-order valence-corrected chi connectivity index (χ1v) is 7.58. The molecule has 2 aromatic carbocycles. The number of aromatic nitrogens is 1. The van der Waals surface area contributed by atoms with Gasteiger partial charge < -0.3 is 4.74 Å². The molecule has 0 N–H and O–H groups in total. The summed E-state index contributed by atoms with van der Waals surface area (Å²) in [5.74, 6) is -0.00413. The fraction of sp³-hybridized carbons (Fsp3) is 0.100. The van der Waals surface area contributed by atoms with Crippen LogP contribution in [0.15, 0.2) is 66.7 Å². The summed E-state index contributed by atoms with van der Waals surface area (Å²) < 4.78 is 5.33. The van der Waals surface area contributed by atoms with E-state index in [0.717, 1.165) is 28.1 Å². The van der Waals surface area contributed by atoms with Crippen LogP contribution in [0.5, 0.6) is 0 Å². The zero-order chi connectivity index (χ0) is 15.6. The molecule has 3 aromatic rings. The molecule has 0 atom stereocenters. The SMILES string of the molecule is O=C1COCc2nc(-c3ccccc3)c(-c3ccccc3)cc21. The highest BCUT2D eigenvalue weighted by molar-refractivity contribution is 6.01. The van der Waals surface area contributed by atoms with Crippen LogP contribution in [-0.4, -0.2) is 17.4 Å². The minimum atomic E-state index is -0.00413. The molecule has 4 rings (SSSR count). The maximum atomic E-state index is 12.2. The molecule has 0 unspecified atom stereocenters. The summed E-state index contributed by atoms with van der Waals surface area (Å²) in [5, 5.41) is 0. The van der Waals surface area contributed by atoms with E-state index in [2.05, 4.69) is 0 Å². The van der Waals surface area contributed by atoms with E-state index in [0.29, 0.717) is 12.2 Å². The Morgan fingerprint density at radius 2 is 1.43 bits per heavy atom. The molecule has 3 heteroatoms. The molecule has 1 aliphatic rings. The third kappa shape index (κ3) is 2.56. The molecular formula is C20H15NO2. The monoisotopic (exact) mass is 301 g/mol. The summed E-state index contributed by atoms with van der Waals surface area (Å²) in [5.41, 5.74) is 5.35. The number of ether oxygens (including phenoxy) is 1. The lowest BCUT2D eigenvalue weighted by molar-refractivity contribution is 0.0655. The lowest BCUT2D eigenvalue weighted by atomic mass is 9.95. The van der Waals surface area contributed by atoms with Gasteiger partial charge in [-0.2, -0.15) is 0 Å². The minimum Gasteiger partial charge on any atom is -0.367 e. The van der Waals surface area contributed by atoms with Gasteiger partial charge >= 0.3 is 0 Å². The molecule has 0 radical (unpaired) electrons. The number of hydrogen-bond acceptors (Lipinski definition) is 3. The number of fused-ring (bicyclic) bond motifs is 1. The molecule has 0 aliphatic carbocycles. The van der Waals surface area contributed by atoms with Crippen molar-refractivity contribution in [1.29, 1.82) is 0 Å². The average Bonchev–Trinajstić information content (AvgIpc) is 2.63. The molecule has 0 saturated heterocycles. The van der Waals surface area contributed by atoms with Gasteiger partial charge in [0, 0.05) is 16.7 Å². The average molecular weight is 301 g/mol. The van der Waals surface area contributed by atoms with Crippen LogP contribution in [0.25, 0.3) is 22.4 Å². The molecule has 0 fully saturated rings. The van der Waals surface area contributed by atoms with Crippen molar-refractivity contribution < 1.29 is 9.53 Å². The van der Waals surface area contributed by atoms with Gasteiger partial charge in [-0.25, -0.2) is 4.98 Å². The van der Waals surface area contributed by atoms with Gasteiger partial charge in [0.15, 0.2) is 5.78 Å². The van der Waals surface area contributed by atoms with Gasteiger partial charge in [-0.05, 0) is 11.6 Å². The summed E-state index contributed by atoms with van der Waals surface area (Å²) in [7, 11) is 0. The van der Waals surface area contributed by atoms with Crippen LogP contribution in [0.4, 0.5) is 0 Å². The normalized spacial score (nSPS) is 13.7. The Balaban J connectivity index is 1.98. The van der Waals surface area contributed by atoms with Gasteiger partial charge in [-0.3, -0.25) is 4.79 Å². The molecule has 3 nitrogen and oxygen atoms in total. The van der Waals surface area contributed by atoms with E-state index in [-0.39, 0.29) is 12.4 Å². The molecular weight excluding hydrogens is 286 g/mol. The van der Waals surface area contributed by atoms with Crippen molar-refractivity contribution in [3.05, 3.63) is 78.0 Å². The zero-order valence-corrected chi connectivity index (χ0v) is 12.5. The predicted octanol–water partition coefficient (Wildman–Crippen LogP) is 4.13. The van der Waals surface area contributed by atoms with Crippen LogP contribution in [0.1, 0.15) is 16.1 Å². The van der Waals surface area contributed by atoms with Crippen molar-refractivity contribution in [1.82, 2.24) is 4.98 Å². The highest BCUT2D eigenvalue weighted by Gasteiger charge is 2.22. The Morgan fingerprint density at radius 1 is 0.783 bits per heavy atom. The summed E-state index contributed by atoms with van der Waals surface area (Å²) in [4.78, 5) is 16.9. The smallest absolute Gasteiger partial charge is 0.190 e. The topological polar surface area (TPSA) is 39.2 Å². The highest BCUT2D eigenvalue weighted by atomic mass is 16.5. The number of ketones is 1. The van der Waals surface area contributed by atoms with Gasteiger partial charge in [0.05, 0.1) is 18.0 Å². The van der Waals surface area contributed by atoms with E-state index in [1.54, 1.807) is 0 Å². The van der Waals surface area contributed by atoms with Gasteiger partial charge in [-0.15, -0.1) is 0 Å². The molecule has 112 valence electrons. The Kier molecular flexibility index (Phi) is 3.48. The van der Waals surface area contributed by atoms with Crippen LogP contribution in [0, 0.1) is 0 Å². The number of Topliss-reactive ketones (excluding diaryl/α,β-unsaturated/α-hetero) is 1. The second-order valence-electron chi connectivity index (χ2n) is 5.53. The number of pyridine rings is 1. The van der Waals surface area contributed by atoms with Gasteiger partial charge in [-0.1, -0.05) is 60.7 Å². The molecule has 2 heterocycles. The fourth-order valence-corrected chi connectivity index (χ4v) is 2.87. The first-order valence-electron chi connectivity index (χ1n) is 7.58. The number of carbonyl (C=O) groups excluding carboxylic acids is 1. The molecule has 1 aromatic heterocycles. The number of rotatable bonds is 2. The summed E-state index contributed by atoms with van der Waals surface area (Å²) in [6.07, 6.45) is 0. The summed E-state index contributed by atoms with van der Waals surface area (Å²) in [6.45, 7) is 0.517. The Hall–Kier alpha value is -2.78. The van der Waals surface area contributed by atoms with Crippen LogP contribution < -0.4 is 0 Å². The Bertz CT molecular complexity index is 858. The van der Waals surface area contributed by atoms with E-state index < -0.39 is 0 Å². The lowest BCUT2D eigenvalue weighted by Gasteiger charge is -2.19. The van der Waals surface area contributed by atoms with Gasteiger partial charge in [0.2, 0.25) is 0 Å². The predicted molar refractivity (Wildman–Crippen MR) is 89.1 cm³/mol. The Morgan fingerprint density at radius 3 is 2.13 bits per heavy atom. The molecule has 0 bridgehead atoms. The molecule has 1 aliphatic heterocycles.